The quantitative estimate of drug-likeness (QED) is 0.756. The Morgan fingerprint density at radius 3 is 2.80 bits per heavy atom. The van der Waals surface area contributed by atoms with Crippen LogP contribution in [0.5, 0.6) is 0 Å². The number of nitrogens with zero attached hydrogens (tertiary/aromatic N) is 2. The number of hydrogen-bond donors (Lipinski definition) is 2. The number of carbonyl (C=O) groups is 3. The molecule has 3 amide bonds. The number of nitrogens with one attached hydrogen (secondary N) is 2. The van der Waals surface area contributed by atoms with Crippen molar-refractivity contribution in [1.29, 1.82) is 0 Å². The van der Waals surface area contributed by atoms with E-state index in [0.717, 1.165) is 18.5 Å². The van der Waals surface area contributed by atoms with Crippen LogP contribution in [0.25, 0.3) is 0 Å². The molecule has 1 atom stereocenters. The highest BCUT2D eigenvalue weighted by Gasteiger charge is 2.33. The molecule has 0 bridgehead atoms. The summed E-state index contributed by atoms with van der Waals surface area (Å²) < 4.78 is 0. The van der Waals surface area contributed by atoms with Gasteiger partial charge in [-0.15, -0.1) is 11.3 Å². The van der Waals surface area contributed by atoms with Gasteiger partial charge in [-0.1, -0.05) is 17.7 Å². The molecule has 0 saturated carbocycles. The smallest absolute Gasteiger partial charge is 0.264 e. The lowest BCUT2D eigenvalue weighted by Crippen LogP contribution is -2.49. The molecule has 1 unspecified atom stereocenters. The summed E-state index contributed by atoms with van der Waals surface area (Å²) in [4.78, 5) is 41.7. The zero-order chi connectivity index (χ0) is 21.1. The van der Waals surface area contributed by atoms with E-state index in [1.807, 2.05) is 22.4 Å². The number of amides is 3. The third-order valence-corrected chi connectivity index (χ3v) is 6.55. The van der Waals surface area contributed by atoms with Gasteiger partial charge < -0.3 is 20.4 Å². The van der Waals surface area contributed by atoms with E-state index < -0.39 is 6.04 Å². The maximum absolute atomic E-state index is 13.0. The highest BCUT2D eigenvalue weighted by molar-refractivity contribution is 7.12. The van der Waals surface area contributed by atoms with Gasteiger partial charge in [0.1, 0.15) is 6.04 Å². The summed E-state index contributed by atoms with van der Waals surface area (Å²) in [6, 6.07) is 8.40. The van der Waals surface area contributed by atoms with Crippen LogP contribution in [0.4, 0.5) is 11.4 Å². The van der Waals surface area contributed by atoms with Crippen molar-refractivity contribution in [3.8, 4) is 0 Å². The van der Waals surface area contributed by atoms with Gasteiger partial charge in [-0.25, -0.2) is 0 Å². The summed E-state index contributed by atoms with van der Waals surface area (Å²) in [6.45, 7) is 2.08. The minimum Gasteiger partial charge on any atom is -0.359 e. The van der Waals surface area contributed by atoms with Gasteiger partial charge in [-0.05, 0) is 48.9 Å². The molecule has 1 aromatic heterocycles. The number of piperidine rings is 1. The second-order valence-electron chi connectivity index (χ2n) is 7.41. The normalized spacial score (nSPS) is 19.4. The molecule has 2 N–H and O–H groups in total. The summed E-state index contributed by atoms with van der Waals surface area (Å²) in [5.41, 5.74) is 1.33. The van der Waals surface area contributed by atoms with Crippen molar-refractivity contribution in [3.05, 3.63) is 45.6 Å². The second kappa shape index (κ2) is 9.06. The molecule has 0 radical (unpaired) electrons. The first-order chi connectivity index (χ1) is 14.5. The number of hydrogen-bond acceptors (Lipinski definition) is 5. The van der Waals surface area contributed by atoms with Gasteiger partial charge >= 0.3 is 0 Å². The van der Waals surface area contributed by atoms with Crippen molar-refractivity contribution in [3.63, 3.8) is 0 Å². The van der Waals surface area contributed by atoms with E-state index in [-0.39, 0.29) is 24.3 Å². The molecule has 0 aliphatic carbocycles. The molecule has 158 valence electrons. The maximum Gasteiger partial charge on any atom is 0.264 e. The summed E-state index contributed by atoms with van der Waals surface area (Å²) >= 11 is 7.82. The Labute approximate surface area is 184 Å². The van der Waals surface area contributed by atoms with Crippen molar-refractivity contribution < 1.29 is 14.4 Å². The van der Waals surface area contributed by atoms with Gasteiger partial charge in [0, 0.05) is 25.3 Å². The van der Waals surface area contributed by atoms with Crippen LogP contribution in [0.1, 0.15) is 28.9 Å². The Bertz CT molecular complexity index is 950. The molecule has 2 aliphatic rings. The van der Waals surface area contributed by atoms with Crippen LogP contribution < -0.4 is 15.5 Å². The first-order valence-corrected chi connectivity index (χ1v) is 11.3. The van der Waals surface area contributed by atoms with Gasteiger partial charge in [-0.3, -0.25) is 14.4 Å². The van der Waals surface area contributed by atoms with Gasteiger partial charge in [0.2, 0.25) is 11.8 Å². The molecule has 30 heavy (non-hydrogen) atoms. The first-order valence-electron chi connectivity index (χ1n) is 9.99. The minimum absolute atomic E-state index is 0.0394. The van der Waals surface area contributed by atoms with E-state index in [2.05, 4.69) is 10.6 Å². The SMILES string of the molecule is O=C1CN(c2ccc(NC(=O)C3CCCCN3C(=O)c3cccs3)cc2Cl)CCN1. The third-order valence-electron chi connectivity index (χ3n) is 5.39. The summed E-state index contributed by atoms with van der Waals surface area (Å²) in [5, 5.41) is 8.03. The van der Waals surface area contributed by atoms with Gasteiger partial charge in [0.05, 0.1) is 22.1 Å². The van der Waals surface area contributed by atoms with Crippen molar-refractivity contribution in [2.24, 2.45) is 0 Å². The number of carbonyl (C=O) groups excluding carboxylic acids is 3. The molecule has 2 aromatic rings. The minimum atomic E-state index is -0.502. The molecule has 7 nitrogen and oxygen atoms in total. The molecule has 4 rings (SSSR count). The van der Waals surface area contributed by atoms with Gasteiger partial charge in [0.15, 0.2) is 0 Å². The number of piperazine rings is 1. The van der Waals surface area contributed by atoms with Crippen LogP contribution in [0.2, 0.25) is 5.02 Å². The van der Waals surface area contributed by atoms with Crippen LogP contribution in [-0.2, 0) is 9.59 Å². The fourth-order valence-electron chi connectivity index (χ4n) is 3.90. The fourth-order valence-corrected chi connectivity index (χ4v) is 4.88. The van der Waals surface area contributed by atoms with Crippen LogP contribution in [0.15, 0.2) is 35.7 Å². The molecule has 2 aliphatic heterocycles. The van der Waals surface area contributed by atoms with Crippen molar-refractivity contribution in [1.82, 2.24) is 10.2 Å². The fraction of sp³-hybridized carbons (Fsp3) is 0.381. The third kappa shape index (κ3) is 4.44. The monoisotopic (exact) mass is 446 g/mol. The first kappa shape index (κ1) is 20.7. The van der Waals surface area contributed by atoms with Crippen molar-refractivity contribution >= 4 is 52.0 Å². The zero-order valence-corrected chi connectivity index (χ0v) is 18.0. The maximum atomic E-state index is 13.0. The Hall–Kier alpha value is -2.58. The van der Waals surface area contributed by atoms with Crippen LogP contribution in [-0.4, -0.2) is 54.8 Å². The van der Waals surface area contributed by atoms with Gasteiger partial charge in [0.25, 0.3) is 5.91 Å². The van der Waals surface area contributed by atoms with E-state index in [9.17, 15) is 14.4 Å². The standard InChI is InChI=1S/C21H23ClN4O3S/c22-15-12-14(6-7-16(15)25-10-8-23-19(27)13-25)24-20(28)17-4-1-2-9-26(17)21(29)18-5-3-11-30-18/h3,5-7,11-12,17H,1-2,4,8-10,13H2,(H,23,27)(H,24,28). The lowest BCUT2D eigenvalue weighted by atomic mass is 10.0. The van der Waals surface area contributed by atoms with E-state index >= 15 is 0 Å². The topological polar surface area (TPSA) is 81.8 Å². The molecule has 1 aromatic carbocycles. The molecular formula is C21H23ClN4O3S. The second-order valence-corrected chi connectivity index (χ2v) is 8.77. The highest BCUT2D eigenvalue weighted by atomic mass is 35.5. The van der Waals surface area contributed by atoms with Crippen LogP contribution in [0, 0.1) is 0 Å². The average molecular weight is 447 g/mol. The van der Waals surface area contributed by atoms with E-state index in [0.29, 0.717) is 41.6 Å². The molecule has 9 heteroatoms. The summed E-state index contributed by atoms with van der Waals surface area (Å²) in [5.74, 6) is -0.343. The van der Waals surface area contributed by atoms with E-state index in [4.69, 9.17) is 11.6 Å². The molecule has 2 saturated heterocycles. The number of thiophene rings is 1. The van der Waals surface area contributed by atoms with Gasteiger partial charge in [-0.2, -0.15) is 0 Å². The summed E-state index contributed by atoms with van der Waals surface area (Å²) in [6.07, 6.45) is 2.44. The molecule has 2 fully saturated rings. The molecular weight excluding hydrogens is 424 g/mol. The predicted molar refractivity (Wildman–Crippen MR) is 118 cm³/mol. The van der Waals surface area contributed by atoms with Crippen molar-refractivity contribution in [2.75, 3.05) is 36.4 Å². The Kier molecular flexibility index (Phi) is 6.24. The number of likely N-dealkylation sites (tertiary alicyclic amines) is 1. The Morgan fingerprint density at radius 2 is 2.07 bits per heavy atom. The van der Waals surface area contributed by atoms with Crippen LogP contribution >= 0.6 is 22.9 Å². The lowest BCUT2D eigenvalue weighted by molar-refractivity contribution is -0.121. The largest absolute Gasteiger partial charge is 0.359 e. The molecule has 3 heterocycles. The zero-order valence-electron chi connectivity index (χ0n) is 16.4. The average Bonchev–Trinajstić information content (AvgIpc) is 3.28. The van der Waals surface area contributed by atoms with E-state index in [1.165, 1.54) is 11.3 Å². The van der Waals surface area contributed by atoms with Crippen LogP contribution in [0.3, 0.4) is 0 Å². The Morgan fingerprint density at radius 1 is 1.20 bits per heavy atom. The van der Waals surface area contributed by atoms with E-state index in [1.54, 1.807) is 23.1 Å². The highest BCUT2D eigenvalue weighted by Crippen LogP contribution is 2.30. The molecule has 0 spiro atoms. The number of halogens is 1. The lowest BCUT2D eigenvalue weighted by Gasteiger charge is -2.34. The number of rotatable bonds is 4. The number of anilines is 2. The van der Waals surface area contributed by atoms with Crippen molar-refractivity contribution in [2.45, 2.75) is 25.3 Å². The predicted octanol–water partition coefficient (Wildman–Crippen LogP) is 2.97. The summed E-state index contributed by atoms with van der Waals surface area (Å²) in [7, 11) is 0. The Balaban J connectivity index is 1.46. The number of benzene rings is 1.